The number of halogens is 1. The van der Waals surface area contributed by atoms with Crippen LogP contribution in [0, 0.1) is 20.8 Å². The number of anilines is 1. The minimum atomic E-state index is -3.96. The first-order valence-corrected chi connectivity index (χ1v) is 13.3. The molecule has 9 heteroatoms. The maximum atomic E-state index is 12.8. The SMILES string of the molecule is Cc1cc(C)c(NC(=O)CCCOC(=O)c2ccc(Cl)c(S(=O)(=O)NCc3ccccc3)c2)c(C)c1. The van der Waals surface area contributed by atoms with Gasteiger partial charge in [-0.25, -0.2) is 17.9 Å². The van der Waals surface area contributed by atoms with Gasteiger partial charge in [0.15, 0.2) is 0 Å². The third-order valence-corrected chi connectivity index (χ3v) is 7.37. The van der Waals surface area contributed by atoms with Crippen LogP contribution < -0.4 is 10.0 Å². The molecule has 0 fully saturated rings. The monoisotopic (exact) mass is 528 g/mol. The first-order chi connectivity index (χ1) is 17.1. The van der Waals surface area contributed by atoms with Gasteiger partial charge in [0, 0.05) is 18.7 Å². The highest BCUT2D eigenvalue weighted by atomic mass is 35.5. The zero-order chi connectivity index (χ0) is 26.3. The van der Waals surface area contributed by atoms with E-state index in [9.17, 15) is 18.0 Å². The van der Waals surface area contributed by atoms with Crippen LogP contribution in [0.1, 0.15) is 45.5 Å². The fourth-order valence-electron chi connectivity index (χ4n) is 3.75. The number of hydrogen-bond donors (Lipinski definition) is 2. The molecule has 0 heterocycles. The molecule has 0 aliphatic carbocycles. The number of carbonyl (C=O) groups excluding carboxylic acids is 2. The molecule has 190 valence electrons. The van der Waals surface area contributed by atoms with E-state index in [0.29, 0.717) is 6.42 Å². The van der Waals surface area contributed by atoms with Crippen LogP contribution in [-0.2, 0) is 26.1 Å². The molecule has 3 aromatic carbocycles. The summed E-state index contributed by atoms with van der Waals surface area (Å²) >= 11 is 6.11. The van der Waals surface area contributed by atoms with Gasteiger partial charge in [0.1, 0.15) is 4.90 Å². The van der Waals surface area contributed by atoms with E-state index in [1.165, 1.54) is 18.2 Å². The molecule has 7 nitrogen and oxygen atoms in total. The Morgan fingerprint density at radius 3 is 2.28 bits per heavy atom. The molecule has 0 saturated heterocycles. The minimum absolute atomic E-state index is 0.00882. The molecule has 0 bridgehead atoms. The number of amides is 1. The lowest BCUT2D eigenvalue weighted by Crippen LogP contribution is -2.24. The van der Waals surface area contributed by atoms with Crippen molar-refractivity contribution in [2.45, 2.75) is 45.1 Å². The van der Waals surface area contributed by atoms with Gasteiger partial charge in [0.05, 0.1) is 17.2 Å². The Bertz CT molecular complexity index is 1330. The first kappa shape index (κ1) is 27.4. The maximum absolute atomic E-state index is 12.8. The maximum Gasteiger partial charge on any atom is 0.338 e. The van der Waals surface area contributed by atoms with Crippen LogP contribution in [0.5, 0.6) is 0 Å². The van der Waals surface area contributed by atoms with Gasteiger partial charge in [-0.05, 0) is 62.1 Å². The average molecular weight is 529 g/mol. The van der Waals surface area contributed by atoms with Crippen LogP contribution in [0.15, 0.2) is 65.6 Å². The van der Waals surface area contributed by atoms with Gasteiger partial charge in [0.2, 0.25) is 15.9 Å². The van der Waals surface area contributed by atoms with Crippen molar-refractivity contribution in [2.24, 2.45) is 0 Å². The molecule has 0 aromatic heterocycles. The number of nitrogens with one attached hydrogen (secondary N) is 2. The number of rotatable bonds is 10. The highest BCUT2D eigenvalue weighted by molar-refractivity contribution is 7.89. The lowest BCUT2D eigenvalue weighted by molar-refractivity contribution is -0.116. The van der Waals surface area contributed by atoms with E-state index < -0.39 is 16.0 Å². The van der Waals surface area contributed by atoms with E-state index in [4.69, 9.17) is 16.3 Å². The largest absolute Gasteiger partial charge is 0.462 e. The molecular weight excluding hydrogens is 500 g/mol. The van der Waals surface area contributed by atoms with Crippen molar-refractivity contribution in [2.75, 3.05) is 11.9 Å². The quantitative estimate of drug-likeness (QED) is 0.274. The molecule has 0 aliphatic rings. The standard InChI is InChI=1S/C27H29ClN2O5S/c1-18-14-19(2)26(20(3)15-18)30-25(31)10-7-13-35-27(32)22-11-12-23(28)24(16-22)36(33,34)29-17-21-8-5-4-6-9-21/h4-6,8-9,11-12,14-16,29H,7,10,13,17H2,1-3H3,(H,30,31). The second kappa shape index (κ2) is 12.2. The Hall–Kier alpha value is -3.20. The smallest absolute Gasteiger partial charge is 0.338 e. The zero-order valence-corrected chi connectivity index (χ0v) is 22.0. The van der Waals surface area contributed by atoms with Crippen molar-refractivity contribution in [3.05, 3.63) is 93.5 Å². The van der Waals surface area contributed by atoms with Crippen LogP contribution >= 0.6 is 11.6 Å². The average Bonchev–Trinajstić information content (AvgIpc) is 2.83. The van der Waals surface area contributed by atoms with Crippen molar-refractivity contribution in [1.82, 2.24) is 4.72 Å². The number of aryl methyl sites for hydroxylation is 3. The molecule has 0 radical (unpaired) electrons. The number of carbonyl (C=O) groups is 2. The molecule has 36 heavy (non-hydrogen) atoms. The van der Waals surface area contributed by atoms with Crippen LogP contribution in [0.25, 0.3) is 0 Å². The summed E-state index contributed by atoms with van der Waals surface area (Å²) in [6.07, 6.45) is 0.489. The lowest BCUT2D eigenvalue weighted by Gasteiger charge is -2.13. The predicted molar refractivity (Wildman–Crippen MR) is 141 cm³/mol. The van der Waals surface area contributed by atoms with E-state index in [1.54, 1.807) is 24.3 Å². The molecule has 3 aromatic rings. The number of benzene rings is 3. The van der Waals surface area contributed by atoms with Gasteiger partial charge in [-0.1, -0.05) is 59.6 Å². The van der Waals surface area contributed by atoms with Crippen molar-refractivity contribution in [1.29, 1.82) is 0 Å². The Labute approximate surface area is 216 Å². The normalized spacial score (nSPS) is 11.2. The van der Waals surface area contributed by atoms with Crippen LogP contribution in [0.2, 0.25) is 5.02 Å². The highest BCUT2D eigenvalue weighted by Gasteiger charge is 2.21. The minimum Gasteiger partial charge on any atom is -0.462 e. The summed E-state index contributed by atoms with van der Waals surface area (Å²) in [4.78, 5) is 24.6. The highest BCUT2D eigenvalue weighted by Crippen LogP contribution is 2.24. The Balaban J connectivity index is 1.54. The first-order valence-electron chi connectivity index (χ1n) is 11.4. The third-order valence-electron chi connectivity index (χ3n) is 5.49. The van der Waals surface area contributed by atoms with E-state index >= 15 is 0 Å². The van der Waals surface area contributed by atoms with E-state index in [-0.39, 0.29) is 41.0 Å². The van der Waals surface area contributed by atoms with E-state index in [0.717, 1.165) is 27.9 Å². The second-order valence-electron chi connectivity index (χ2n) is 8.52. The van der Waals surface area contributed by atoms with E-state index in [2.05, 4.69) is 10.0 Å². The molecule has 0 unspecified atom stereocenters. The topological polar surface area (TPSA) is 102 Å². The van der Waals surface area contributed by atoms with Gasteiger partial charge in [-0.3, -0.25) is 4.79 Å². The molecule has 0 atom stereocenters. The summed E-state index contributed by atoms with van der Waals surface area (Å²) in [5.74, 6) is -0.873. The van der Waals surface area contributed by atoms with Gasteiger partial charge in [-0.15, -0.1) is 0 Å². The molecule has 1 amide bonds. The van der Waals surface area contributed by atoms with Gasteiger partial charge >= 0.3 is 5.97 Å². The Morgan fingerprint density at radius 2 is 1.61 bits per heavy atom. The Kier molecular flexibility index (Phi) is 9.25. The van der Waals surface area contributed by atoms with Crippen molar-refractivity contribution < 1.29 is 22.7 Å². The number of esters is 1. The third kappa shape index (κ3) is 7.40. The van der Waals surface area contributed by atoms with Crippen molar-refractivity contribution in [3.63, 3.8) is 0 Å². The number of ether oxygens (including phenoxy) is 1. The lowest BCUT2D eigenvalue weighted by atomic mass is 10.0. The molecule has 0 saturated carbocycles. The fourth-order valence-corrected chi connectivity index (χ4v) is 5.29. The van der Waals surface area contributed by atoms with Crippen LogP contribution in [0.4, 0.5) is 5.69 Å². The summed E-state index contributed by atoms with van der Waals surface area (Å²) in [6.45, 7) is 5.97. The molecule has 3 rings (SSSR count). The molecule has 0 spiro atoms. The summed E-state index contributed by atoms with van der Waals surface area (Å²) in [5.41, 5.74) is 4.72. The summed E-state index contributed by atoms with van der Waals surface area (Å²) < 4.78 is 33.3. The summed E-state index contributed by atoms with van der Waals surface area (Å²) in [5, 5.41) is 2.90. The predicted octanol–water partition coefficient (Wildman–Crippen LogP) is 5.32. The van der Waals surface area contributed by atoms with Crippen molar-refractivity contribution in [3.8, 4) is 0 Å². The zero-order valence-electron chi connectivity index (χ0n) is 20.4. The Morgan fingerprint density at radius 1 is 0.944 bits per heavy atom. The summed E-state index contributed by atoms with van der Waals surface area (Å²) in [6, 6.07) is 17.0. The van der Waals surface area contributed by atoms with Gasteiger partial charge < -0.3 is 10.1 Å². The number of hydrogen-bond acceptors (Lipinski definition) is 5. The van der Waals surface area contributed by atoms with Crippen molar-refractivity contribution >= 4 is 39.2 Å². The summed E-state index contributed by atoms with van der Waals surface area (Å²) in [7, 11) is -3.96. The van der Waals surface area contributed by atoms with Gasteiger partial charge in [-0.2, -0.15) is 0 Å². The molecular formula is C27H29ClN2O5S. The second-order valence-corrected chi connectivity index (χ2v) is 10.7. The van der Waals surface area contributed by atoms with E-state index in [1.807, 2.05) is 39.0 Å². The molecule has 0 aliphatic heterocycles. The number of sulfonamides is 1. The fraction of sp³-hybridized carbons (Fsp3) is 0.259. The van der Waals surface area contributed by atoms with Crippen LogP contribution in [0.3, 0.4) is 0 Å². The molecule has 2 N–H and O–H groups in total. The van der Waals surface area contributed by atoms with Crippen LogP contribution in [-0.4, -0.2) is 26.9 Å². The van der Waals surface area contributed by atoms with Gasteiger partial charge in [0.25, 0.3) is 0 Å².